The Morgan fingerprint density at radius 1 is 0.871 bits per heavy atom. The summed E-state index contributed by atoms with van der Waals surface area (Å²) in [5, 5.41) is 0. The van der Waals surface area contributed by atoms with E-state index >= 15 is 0 Å². The molecule has 0 amide bonds. The lowest BCUT2D eigenvalue weighted by Gasteiger charge is -2.37. The van der Waals surface area contributed by atoms with Crippen molar-refractivity contribution in [1.29, 1.82) is 0 Å². The highest BCUT2D eigenvalue weighted by molar-refractivity contribution is 5.65. The third kappa shape index (κ3) is 5.24. The summed E-state index contributed by atoms with van der Waals surface area (Å²) in [5.41, 5.74) is 1.91. The van der Waals surface area contributed by atoms with E-state index in [0.717, 1.165) is 11.5 Å². The first-order chi connectivity index (χ1) is 15.0. The molecule has 0 N–H and O–H groups in total. The van der Waals surface area contributed by atoms with E-state index in [2.05, 4.69) is 6.92 Å². The number of hydrogen-bond donors (Lipinski definition) is 0. The first-order valence-electron chi connectivity index (χ1n) is 11.1. The number of rotatable bonds is 6. The van der Waals surface area contributed by atoms with Crippen LogP contribution in [0.4, 0.5) is 13.2 Å². The molecule has 2 fully saturated rings. The van der Waals surface area contributed by atoms with Gasteiger partial charge in [-0.05, 0) is 47.9 Å². The molecule has 168 valence electrons. The Hall–Kier alpha value is -2.05. The van der Waals surface area contributed by atoms with Crippen molar-refractivity contribution in [1.82, 2.24) is 0 Å². The van der Waals surface area contributed by atoms with Crippen molar-refractivity contribution < 1.29 is 27.4 Å². The van der Waals surface area contributed by atoms with Crippen molar-refractivity contribution in [2.75, 3.05) is 26.5 Å². The monoisotopic (exact) mass is 434 g/mol. The normalized spacial score (nSPS) is 26.6. The molecule has 2 aromatic carbocycles. The molecule has 1 saturated carbocycles. The van der Waals surface area contributed by atoms with Gasteiger partial charge in [0, 0.05) is 11.5 Å². The van der Waals surface area contributed by atoms with E-state index in [4.69, 9.17) is 14.2 Å². The van der Waals surface area contributed by atoms with Crippen LogP contribution >= 0.6 is 0 Å². The van der Waals surface area contributed by atoms with Crippen molar-refractivity contribution in [3.05, 3.63) is 53.6 Å². The first-order valence-corrected chi connectivity index (χ1v) is 11.1. The van der Waals surface area contributed by atoms with Gasteiger partial charge in [-0.2, -0.15) is 0 Å². The quantitative estimate of drug-likeness (QED) is 0.522. The maximum Gasteiger partial charge on any atom is 0.190 e. The zero-order valence-electron chi connectivity index (χ0n) is 17.8. The van der Waals surface area contributed by atoms with Gasteiger partial charge in [-0.15, -0.1) is 0 Å². The fourth-order valence-electron chi connectivity index (χ4n) is 4.58. The first kappa shape index (κ1) is 22.2. The van der Waals surface area contributed by atoms with Gasteiger partial charge in [-0.25, -0.2) is 13.2 Å². The molecule has 1 aliphatic carbocycles. The minimum Gasteiger partial charge on any atom is -0.485 e. The summed E-state index contributed by atoms with van der Waals surface area (Å²) >= 11 is 0. The Morgan fingerprint density at radius 2 is 1.48 bits per heavy atom. The van der Waals surface area contributed by atoms with E-state index in [1.165, 1.54) is 37.8 Å². The molecular weight excluding hydrogens is 405 g/mol. The van der Waals surface area contributed by atoms with Crippen LogP contribution in [0.3, 0.4) is 0 Å². The maximum atomic E-state index is 14.2. The second kappa shape index (κ2) is 10.0. The molecule has 3 nitrogen and oxygen atoms in total. The fraction of sp³-hybridized carbons (Fsp3) is 0.520. The van der Waals surface area contributed by atoms with Gasteiger partial charge >= 0.3 is 0 Å². The van der Waals surface area contributed by atoms with Crippen LogP contribution in [0.2, 0.25) is 0 Å². The third-order valence-electron chi connectivity index (χ3n) is 6.49. The number of ether oxygens (including phenoxy) is 3. The molecule has 0 radical (unpaired) electrons. The average Bonchev–Trinajstić information content (AvgIpc) is 2.79. The number of hydrogen-bond acceptors (Lipinski definition) is 3. The lowest BCUT2D eigenvalue weighted by molar-refractivity contribution is -0.214. The standard InChI is InChI=1S/C25H29F3O3/c1-16-2-4-18(5-3-16)21-14-30-25(31-15-21)19-8-6-17(7-9-19)20-12-22(27)24(23(28)13-20)29-11-10-26/h6-9,12-13,16,18,21,25H,2-5,10-11,14-15H2,1H3. The summed E-state index contributed by atoms with van der Waals surface area (Å²) in [4.78, 5) is 0. The van der Waals surface area contributed by atoms with Gasteiger partial charge in [0.2, 0.25) is 0 Å². The Balaban J connectivity index is 1.38. The molecule has 0 atom stereocenters. The van der Waals surface area contributed by atoms with Crippen molar-refractivity contribution >= 4 is 0 Å². The molecule has 1 saturated heterocycles. The van der Waals surface area contributed by atoms with Crippen molar-refractivity contribution in [3.8, 4) is 16.9 Å². The molecule has 0 aromatic heterocycles. The molecule has 4 rings (SSSR count). The van der Waals surface area contributed by atoms with Gasteiger partial charge in [0.25, 0.3) is 0 Å². The van der Waals surface area contributed by atoms with Gasteiger partial charge in [0.1, 0.15) is 13.3 Å². The highest BCUT2D eigenvalue weighted by Gasteiger charge is 2.31. The molecular formula is C25H29F3O3. The van der Waals surface area contributed by atoms with Crippen LogP contribution in [0.25, 0.3) is 11.1 Å². The molecule has 1 heterocycles. The van der Waals surface area contributed by atoms with E-state index in [9.17, 15) is 13.2 Å². The minimum absolute atomic E-state index is 0.381. The molecule has 2 aromatic rings. The van der Waals surface area contributed by atoms with Crippen LogP contribution in [-0.2, 0) is 9.47 Å². The molecule has 2 aliphatic rings. The zero-order chi connectivity index (χ0) is 21.8. The van der Waals surface area contributed by atoms with E-state index < -0.39 is 30.3 Å². The maximum absolute atomic E-state index is 14.2. The topological polar surface area (TPSA) is 27.7 Å². The van der Waals surface area contributed by atoms with Crippen molar-refractivity contribution in [2.24, 2.45) is 17.8 Å². The second-order valence-electron chi connectivity index (χ2n) is 8.71. The molecule has 0 unspecified atom stereocenters. The highest BCUT2D eigenvalue weighted by atomic mass is 19.1. The van der Waals surface area contributed by atoms with Crippen LogP contribution in [0, 0.1) is 29.4 Å². The van der Waals surface area contributed by atoms with Gasteiger partial charge in [-0.3, -0.25) is 0 Å². The lowest BCUT2D eigenvalue weighted by Crippen LogP contribution is -2.34. The number of benzene rings is 2. The highest BCUT2D eigenvalue weighted by Crippen LogP contribution is 2.37. The van der Waals surface area contributed by atoms with Crippen molar-refractivity contribution in [2.45, 2.75) is 38.9 Å². The molecule has 0 bridgehead atoms. The van der Waals surface area contributed by atoms with Gasteiger partial charge in [0.15, 0.2) is 23.7 Å². The summed E-state index contributed by atoms with van der Waals surface area (Å²) in [6.07, 6.45) is 4.66. The summed E-state index contributed by atoms with van der Waals surface area (Å²) in [7, 11) is 0. The van der Waals surface area contributed by atoms with E-state index in [1.54, 1.807) is 12.1 Å². The van der Waals surface area contributed by atoms with Crippen LogP contribution in [0.1, 0.15) is 44.5 Å². The zero-order valence-corrected chi connectivity index (χ0v) is 17.8. The summed E-state index contributed by atoms with van der Waals surface area (Å²) < 4.78 is 57.4. The second-order valence-corrected chi connectivity index (χ2v) is 8.71. The van der Waals surface area contributed by atoms with Crippen molar-refractivity contribution in [3.63, 3.8) is 0 Å². The lowest BCUT2D eigenvalue weighted by atomic mass is 9.76. The predicted molar refractivity (Wildman–Crippen MR) is 113 cm³/mol. The smallest absolute Gasteiger partial charge is 0.190 e. The largest absolute Gasteiger partial charge is 0.485 e. The Kier molecular flexibility index (Phi) is 7.18. The Labute approximate surface area is 181 Å². The van der Waals surface area contributed by atoms with Crippen LogP contribution in [0.5, 0.6) is 5.75 Å². The SMILES string of the molecule is CC1CCC(C2COC(c3ccc(-c4cc(F)c(OCCF)c(F)c4)cc3)OC2)CC1. The molecule has 1 aliphatic heterocycles. The summed E-state index contributed by atoms with van der Waals surface area (Å²) in [6, 6.07) is 9.65. The van der Waals surface area contributed by atoms with E-state index in [1.807, 2.05) is 12.1 Å². The van der Waals surface area contributed by atoms with Gasteiger partial charge in [-0.1, -0.05) is 44.0 Å². The summed E-state index contributed by atoms with van der Waals surface area (Å²) in [5.74, 6) is -0.296. The van der Waals surface area contributed by atoms with E-state index in [0.29, 0.717) is 36.2 Å². The third-order valence-corrected chi connectivity index (χ3v) is 6.49. The summed E-state index contributed by atoms with van der Waals surface area (Å²) in [6.45, 7) is 2.52. The van der Waals surface area contributed by atoms with Gasteiger partial charge in [0.05, 0.1) is 13.2 Å². The van der Waals surface area contributed by atoms with Gasteiger partial charge < -0.3 is 14.2 Å². The number of halogens is 3. The number of alkyl halides is 1. The van der Waals surface area contributed by atoms with E-state index in [-0.39, 0.29) is 6.61 Å². The van der Waals surface area contributed by atoms with Crippen LogP contribution in [0.15, 0.2) is 36.4 Å². The molecule has 31 heavy (non-hydrogen) atoms. The minimum atomic E-state index is -0.852. The Morgan fingerprint density at radius 3 is 2.06 bits per heavy atom. The Bertz CT molecular complexity index is 832. The predicted octanol–water partition coefficient (Wildman–Crippen LogP) is 6.47. The van der Waals surface area contributed by atoms with Crippen LogP contribution < -0.4 is 4.74 Å². The average molecular weight is 434 g/mol. The molecule has 0 spiro atoms. The molecule has 6 heteroatoms. The van der Waals surface area contributed by atoms with Crippen LogP contribution in [-0.4, -0.2) is 26.5 Å². The fourth-order valence-corrected chi connectivity index (χ4v) is 4.58.